The van der Waals surface area contributed by atoms with Gasteiger partial charge in [-0.3, -0.25) is 9.79 Å². The number of allylic oxidation sites excluding steroid dienone is 5. The summed E-state index contributed by atoms with van der Waals surface area (Å²) in [5.74, 6) is -0.0548. The molecule has 2 atom stereocenters. The molecule has 1 fully saturated rings. The van der Waals surface area contributed by atoms with Crippen molar-refractivity contribution in [1.29, 1.82) is 5.41 Å². The molecule has 2 unspecified atom stereocenters. The number of hydrogen-bond acceptors (Lipinski definition) is 5. The van der Waals surface area contributed by atoms with Gasteiger partial charge in [0, 0.05) is 41.6 Å². The fourth-order valence-electron chi connectivity index (χ4n) is 5.09. The lowest BCUT2D eigenvalue weighted by molar-refractivity contribution is -0.119. The molecule has 3 N–H and O–H groups in total. The second-order valence-electron chi connectivity index (χ2n) is 10.1. The number of nitrogens with one attached hydrogen (secondary N) is 1. The van der Waals surface area contributed by atoms with E-state index in [-0.39, 0.29) is 24.3 Å². The summed E-state index contributed by atoms with van der Waals surface area (Å²) >= 11 is 5.92. The summed E-state index contributed by atoms with van der Waals surface area (Å²) in [6.45, 7) is 1.74. The molecule has 1 aromatic carbocycles. The Morgan fingerprint density at radius 2 is 2.11 bits per heavy atom. The highest BCUT2D eigenvalue weighted by molar-refractivity contribution is 6.30. The zero-order valence-electron chi connectivity index (χ0n) is 21.7. The number of ketones is 1. The van der Waals surface area contributed by atoms with Gasteiger partial charge in [0.25, 0.3) is 0 Å². The fraction of sp³-hybridized carbons (Fsp3) is 0.355. The highest BCUT2D eigenvalue weighted by atomic mass is 35.5. The molecule has 7 heteroatoms. The first kappa shape index (κ1) is 27.6. The first-order chi connectivity index (χ1) is 18.3. The Balaban J connectivity index is 1.36. The van der Waals surface area contributed by atoms with Gasteiger partial charge >= 0.3 is 0 Å². The molecule has 198 valence electrons. The maximum absolute atomic E-state index is 13.6. The Bertz CT molecular complexity index is 1310. The molecule has 2 aromatic rings. The minimum atomic E-state index is -0.527. The van der Waals surface area contributed by atoms with Gasteiger partial charge < -0.3 is 11.1 Å². The third-order valence-electron chi connectivity index (χ3n) is 7.28. The van der Waals surface area contributed by atoms with Crippen molar-refractivity contribution >= 4 is 40.8 Å². The molecule has 1 aromatic heterocycles. The van der Waals surface area contributed by atoms with Crippen molar-refractivity contribution < 1.29 is 9.18 Å². The number of nitrogens with two attached hydrogens (primary N) is 1. The van der Waals surface area contributed by atoms with E-state index in [2.05, 4.69) is 17.1 Å². The van der Waals surface area contributed by atoms with E-state index in [1.165, 1.54) is 17.7 Å². The second-order valence-corrected chi connectivity index (χ2v) is 10.6. The van der Waals surface area contributed by atoms with E-state index in [9.17, 15) is 9.18 Å². The lowest BCUT2D eigenvalue weighted by Gasteiger charge is -2.15. The Hall–Kier alpha value is -3.38. The number of hydrogen-bond donors (Lipinski definition) is 2. The van der Waals surface area contributed by atoms with E-state index in [4.69, 9.17) is 27.7 Å². The number of rotatable bonds is 7. The van der Waals surface area contributed by atoms with Gasteiger partial charge in [-0.1, -0.05) is 36.8 Å². The molecule has 0 bridgehead atoms. The number of nitrogens with zero attached hydrogens (tertiary/aromatic N) is 2. The Labute approximate surface area is 228 Å². The van der Waals surface area contributed by atoms with Gasteiger partial charge in [0.2, 0.25) is 0 Å². The first-order valence-corrected chi connectivity index (χ1v) is 13.6. The van der Waals surface area contributed by atoms with Crippen molar-refractivity contribution in [2.24, 2.45) is 16.8 Å². The van der Waals surface area contributed by atoms with Crippen LogP contribution >= 0.6 is 11.6 Å². The lowest BCUT2D eigenvalue weighted by Crippen LogP contribution is -2.21. The number of benzene rings is 1. The van der Waals surface area contributed by atoms with Crippen LogP contribution < -0.4 is 5.73 Å². The molecule has 38 heavy (non-hydrogen) atoms. The summed E-state index contributed by atoms with van der Waals surface area (Å²) in [6, 6.07) is 6.16. The maximum atomic E-state index is 13.6. The van der Waals surface area contributed by atoms with Crippen LogP contribution in [0.4, 0.5) is 10.2 Å². The monoisotopic (exact) mass is 532 g/mol. The Morgan fingerprint density at radius 3 is 2.92 bits per heavy atom. The molecule has 0 amide bonds. The number of anilines is 1. The van der Waals surface area contributed by atoms with E-state index < -0.39 is 11.7 Å². The van der Waals surface area contributed by atoms with Crippen LogP contribution in [-0.2, 0) is 17.6 Å². The molecule has 0 spiro atoms. The average Bonchev–Trinajstić information content (AvgIpc) is 3.09. The fourth-order valence-corrected chi connectivity index (χ4v) is 5.34. The highest BCUT2D eigenvalue weighted by Crippen LogP contribution is 2.35. The summed E-state index contributed by atoms with van der Waals surface area (Å²) in [4.78, 5) is 21.9. The third-order valence-corrected chi connectivity index (χ3v) is 7.50. The zero-order chi connectivity index (χ0) is 27.1. The van der Waals surface area contributed by atoms with Gasteiger partial charge in [-0.2, -0.15) is 0 Å². The number of fused-ring (bicyclic) bond motifs is 1. The Morgan fingerprint density at radius 1 is 1.26 bits per heavy atom. The molecule has 2 heterocycles. The highest BCUT2D eigenvalue weighted by Gasteiger charge is 2.20. The van der Waals surface area contributed by atoms with Crippen LogP contribution in [0.1, 0.15) is 62.1 Å². The van der Waals surface area contributed by atoms with Crippen LogP contribution in [0.25, 0.3) is 5.70 Å². The van der Waals surface area contributed by atoms with Crippen molar-refractivity contribution in [1.82, 2.24) is 4.98 Å². The summed E-state index contributed by atoms with van der Waals surface area (Å²) in [6.07, 6.45) is 18.2. The van der Waals surface area contributed by atoms with Crippen LogP contribution in [0.3, 0.4) is 0 Å². The standard InChI is InChI=1S/C31H34ClFN4O/c1-20(28(34)16-22-14-25(32)18-26(33)15-22)29(38)10-5-7-21-6-4-9-23(12-11-21)31-27-19-37-30(35)17-24(27)8-2-3-13-36-31/h2-3,5,7,13-15,17-21,34H,4,6,8-12,16H2,1H3,(H2,35,37)/b3-2+,7-5?,31-23-,34-28?,36-13-. The quantitative estimate of drug-likeness (QED) is 0.222. The second kappa shape index (κ2) is 12.9. The Kier molecular flexibility index (Phi) is 9.40. The molecular weight excluding hydrogens is 499 g/mol. The van der Waals surface area contributed by atoms with Crippen molar-refractivity contribution in [2.75, 3.05) is 5.73 Å². The number of halogens is 2. The van der Waals surface area contributed by atoms with E-state index in [0.29, 0.717) is 22.3 Å². The maximum Gasteiger partial charge on any atom is 0.145 e. The smallest absolute Gasteiger partial charge is 0.145 e. The van der Waals surface area contributed by atoms with Crippen LogP contribution in [0, 0.1) is 23.1 Å². The predicted molar refractivity (Wildman–Crippen MR) is 154 cm³/mol. The summed E-state index contributed by atoms with van der Waals surface area (Å²) in [5.41, 5.74) is 11.4. The molecule has 0 saturated heterocycles. The number of aliphatic imine (C=N–C) groups is 1. The van der Waals surface area contributed by atoms with Crippen LogP contribution in [0.15, 0.2) is 65.3 Å². The van der Waals surface area contributed by atoms with E-state index in [0.717, 1.165) is 55.3 Å². The molecule has 1 aliphatic carbocycles. The van der Waals surface area contributed by atoms with E-state index >= 15 is 0 Å². The van der Waals surface area contributed by atoms with Gasteiger partial charge in [0.05, 0.1) is 11.6 Å². The molecule has 2 aliphatic rings. The van der Waals surface area contributed by atoms with Crippen molar-refractivity contribution in [3.05, 3.63) is 87.9 Å². The number of carbonyl (C=O) groups is 1. The van der Waals surface area contributed by atoms with Crippen molar-refractivity contribution in [2.45, 2.75) is 58.3 Å². The largest absolute Gasteiger partial charge is 0.384 e. The molecule has 1 aliphatic heterocycles. The topological polar surface area (TPSA) is 92.2 Å². The summed E-state index contributed by atoms with van der Waals surface area (Å²) in [7, 11) is 0. The van der Waals surface area contributed by atoms with Gasteiger partial charge in [-0.25, -0.2) is 9.37 Å². The molecule has 5 nitrogen and oxygen atoms in total. The first-order valence-electron chi connectivity index (χ1n) is 13.2. The van der Waals surface area contributed by atoms with Gasteiger partial charge in [-0.15, -0.1) is 0 Å². The van der Waals surface area contributed by atoms with E-state index in [1.54, 1.807) is 13.0 Å². The summed E-state index contributed by atoms with van der Waals surface area (Å²) in [5, 5.41) is 8.63. The molecule has 1 saturated carbocycles. The molecule has 4 rings (SSSR count). The van der Waals surface area contributed by atoms with Gasteiger partial charge in [0.1, 0.15) is 17.4 Å². The SMILES string of the molecule is CC(C(=N)Cc1cc(F)cc(Cl)c1)C(=O)CC=CC1CCC/C(=C2/N=C\C=C\Cc3cc(N)ncc32)CC1. The molecule has 0 radical (unpaired) electrons. The lowest BCUT2D eigenvalue weighted by atomic mass is 9.92. The number of nitrogen functional groups attached to an aromatic ring is 1. The third kappa shape index (κ3) is 7.35. The summed E-state index contributed by atoms with van der Waals surface area (Å²) < 4.78 is 13.6. The van der Waals surface area contributed by atoms with Crippen molar-refractivity contribution in [3.8, 4) is 0 Å². The minimum Gasteiger partial charge on any atom is -0.384 e. The van der Waals surface area contributed by atoms with Crippen LogP contribution in [0.5, 0.6) is 0 Å². The zero-order valence-corrected chi connectivity index (χ0v) is 22.5. The number of aromatic nitrogens is 1. The van der Waals surface area contributed by atoms with Crippen LogP contribution in [0.2, 0.25) is 5.02 Å². The number of pyridine rings is 1. The molecular formula is C31H34ClFN4O. The van der Waals surface area contributed by atoms with Crippen molar-refractivity contribution in [3.63, 3.8) is 0 Å². The number of carbonyl (C=O) groups excluding carboxylic acids is 1. The number of Topliss-reactive ketones (excluding diaryl/α,β-unsaturated/α-hetero) is 1. The van der Waals surface area contributed by atoms with E-state index in [1.807, 2.05) is 30.6 Å². The average molecular weight is 533 g/mol. The van der Waals surface area contributed by atoms with Crippen LogP contribution in [-0.4, -0.2) is 22.7 Å². The van der Waals surface area contributed by atoms with Gasteiger partial charge in [-0.05, 0) is 91.5 Å². The van der Waals surface area contributed by atoms with Gasteiger partial charge in [0.15, 0.2) is 0 Å². The predicted octanol–water partition coefficient (Wildman–Crippen LogP) is 7.34. The minimum absolute atomic E-state index is 0.00882. The normalized spacial score (nSPS) is 22.1.